The number of rotatable bonds is 4. The van der Waals surface area contributed by atoms with Crippen LogP contribution in [0.5, 0.6) is 0 Å². The molecule has 3 aromatic rings. The van der Waals surface area contributed by atoms with E-state index in [1.807, 2.05) is 29.2 Å². The minimum atomic E-state index is -0.407. The van der Waals surface area contributed by atoms with Crippen LogP contribution in [0.25, 0.3) is 5.57 Å². The maximum Gasteiger partial charge on any atom is 0.258 e. The molecule has 0 bridgehead atoms. The smallest absolute Gasteiger partial charge is 0.258 e. The standard InChI is InChI=1S/C23H19Cl2FN4O/c1-14-8-10-30(22-20(26)3-2-9-28-22)13-17(14)15-4-6-16(7-5-15)29-23(31)21-18(24)11-27-12-19(21)25/h2-7,9,11-12H,8,10,13H2,1H3,(H,29,31). The molecule has 0 atom stereocenters. The number of hydrogen-bond acceptors (Lipinski definition) is 4. The molecule has 2 aromatic heterocycles. The summed E-state index contributed by atoms with van der Waals surface area (Å²) < 4.78 is 14.2. The van der Waals surface area contributed by atoms with Gasteiger partial charge in [-0.25, -0.2) is 9.37 Å². The first-order chi connectivity index (χ1) is 14.9. The van der Waals surface area contributed by atoms with Crippen LogP contribution in [-0.4, -0.2) is 29.0 Å². The van der Waals surface area contributed by atoms with Gasteiger partial charge < -0.3 is 10.2 Å². The van der Waals surface area contributed by atoms with E-state index < -0.39 is 5.91 Å². The van der Waals surface area contributed by atoms with Crippen LogP contribution >= 0.6 is 23.2 Å². The number of benzene rings is 1. The zero-order valence-electron chi connectivity index (χ0n) is 16.7. The number of carbonyl (C=O) groups is 1. The van der Waals surface area contributed by atoms with Crippen LogP contribution < -0.4 is 10.2 Å². The van der Waals surface area contributed by atoms with Crippen molar-refractivity contribution < 1.29 is 9.18 Å². The zero-order valence-corrected chi connectivity index (χ0v) is 18.2. The first-order valence-electron chi connectivity index (χ1n) is 9.69. The van der Waals surface area contributed by atoms with Gasteiger partial charge in [0, 0.05) is 37.4 Å². The Balaban J connectivity index is 1.52. The summed E-state index contributed by atoms with van der Waals surface area (Å²) in [6.45, 7) is 3.36. The number of nitrogens with zero attached hydrogens (tertiary/aromatic N) is 3. The van der Waals surface area contributed by atoms with E-state index in [1.165, 1.54) is 24.0 Å². The minimum Gasteiger partial charge on any atom is -0.350 e. The first-order valence-corrected chi connectivity index (χ1v) is 10.4. The lowest BCUT2D eigenvalue weighted by molar-refractivity contribution is 0.102. The molecule has 0 radical (unpaired) electrons. The van der Waals surface area contributed by atoms with Crippen molar-refractivity contribution >= 4 is 46.2 Å². The van der Waals surface area contributed by atoms with Crippen LogP contribution in [-0.2, 0) is 0 Å². The topological polar surface area (TPSA) is 58.1 Å². The van der Waals surface area contributed by atoms with Gasteiger partial charge in [-0.2, -0.15) is 0 Å². The molecule has 31 heavy (non-hydrogen) atoms. The number of carbonyl (C=O) groups excluding carboxylic acids is 1. The fourth-order valence-electron chi connectivity index (χ4n) is 3.56. The summed E-state index contributed by atoms with van der Waals surface area (Å²) in [5, 5.41) is 3.17. The normalized spacial score (nSPS) is 14.0. The average Bonchev–Trinajstić information content (AvgIpc) is 2.75. The number of halogens is 3. The van der Waals surface area contributed by atoms with Crippen molar-refractivity contribution in [3.8, 4) is 0 Å². The molecule has 0 spiro atoms. The van der Waals surface area contributed by atoms with Gasteiger partial charge in [0.25, 0.3) is 5.91 Å². The van der Waals surface area contributed by atoms with E-state index in [1.54, 1.807) is 12.3 Å². The summed E-state index contributed by atoms with van der Waals surface area (Å²) in [5.41, 5.74) is 4.17. The molecule has 1 amide bonds. The third-order valence-corrected chi connectivity index (χ3v) is 5.80. The van der Waals surface area contributed by atoms with Crippen molar-refractivity contribution in [3.05, 3.63) is 87.6 Å². The number of hydrogen-bond donors (Lipinski definition) is 1. The highest BCUT2D eigenvalue weighted by Crippen LogP contribution is 2.31. The lowest BCUT2D eigenvalue weighted by Crippen LogP contribution is -2.32. The SMILES string of the molecule is CC1=C(c2ccc(NC(=O)c3c(Cl)cncc3Cl)cc2)CN(c2ncccc2F)CC1. The summed E-state index contributed by atoms with van der Waals surface area (Å²) in [5.74, 6) is -0.370. The quantitative estimate of drug-likeness (QED) is 0.534. The Morgan fingerprint density at radius 3 is 2.52 bits per heavy atom. The molecule has 1 aliphatic rings. The second-order valence-corrected chi connectivity index (χ2v) is 8.06. The largest absolute Gasteiger partial charge is 0.350 e. The van der Waals surface area contributed by atoms with Gasteiger partial charge in [-0.1, -0.05) is 40.9 Å². The third kappa shape index (κ3) is 4.55. The van der Waals surface area contributed by atoms with Crippen LogP contribution in [0, 0.1) is 5.82 Å². The van der Waals surface area contributed by atoms with Gasteiger partial charge in [0.1, 0.15) is 0 Å². The van der Waals surface area contributed by atoms with E-state index in [0.717, 1.165) is 17.6 Å². The average molecular weight is 457 g/mol. The Labute approximate surface area is 189 Å². The fraction of sp³-hybridized carbons (Fsp3) is 0.174. The van der Waals surface area contributed by atoms with Crippen LogP contribution in [0.3, 0.4) is 0 Å². The number of aromatic nitrogens is 2. The van der Waals surface area contributed by atoms with E-state index in [2.05, 4.69) is 22.2 Å². The molecule has 8 heteroatoms. The van der Waals surface area contributed by atoms with Crippen molar-refractivity contribution in [2.24, 2.45) is 0 Å². The molecule has 0 unspecified atom stereocenters. The zero-order chi connectivity index (χ0) is 22.0. The van der Waals surface area contributed by atoms with Gasteiger partial charge in [0.05, 0.1) is 15.6 Å². The van der Waals surface area contributed by atoms with Crippen LogP contribution in [0.2, 0.25) is 10.0 Å². The van der Waals surface area contributed by atoms with Gasteiger partial charge in [-0.05, 0) is 48.7 Å². The summed E-state index contributed by atoms with van der Waals surface area (Å²) >= 11 is 12.1. The molecule has 1 aromatic carbocycles. The lowest BCUT2D eigenvalue weighted by Gasteiger charge is -2.31. The molecular formula is C23H19Cl2FN4O. The maximum atomic E-state index is 14.2. The summed E-state index contributed by atoms with van der Waals surface area (Å²) in [7, 11) is 0. The van der Waals surface area contributed by atoms with Crippen LogP contribution in [0.4, 0.5) is 15.9 Å². The van der Waals surface area contributed by atoms with E-state index >= 15 is 0 Å². The molecule has 158 valence electrons. The molecule has 0 fully saturated rings. The van der Waals surface area contributed by atoms with Crippen molar-refractivity contribution in [3.63, 3.8) is 0 Å². The Bertz CT molecular complexity index is 1140. The monoisotopic (exact) mass is 456 g/mol. The Hall–Kier alpha value is -2.96. The van der Waals surface area contributed by atoms with Crippen molar-refractivity contribution in [1.29, 1.82) is 0 Å². The van der Waals surface area contributed by atoms with E-state index in [9.17, 15) is 9.18 Å². The van der Waals surface area contributed by atoms with Crippen LogP contribution in [0.15, 0.2) is 60.6 Å². The fourth-order valence-corrected chi connectivity index (χ4v) is 4.10. The van der Waals surface area contributed by atoms with E-state index in [-0.39, 0.29) is 21.4 Å². The highest BCUT2D eigenvalue weighted by molar-refractivity contribution is 6.40. The second-order valence-electron chi connectivity index (χ2n) is 7.25. The molecule has 3 heterocycles. The number of pyridine rings is 2. The van der Waals surface area contributed by atoms with Crippen molar-refractivity contribution in [2.75, 3.05) is 23.3 Å². The van der Waals surface area contributed by atoms with E-state index in [4.69, 9.17) is 23.2 Å². The predicted octanol–water partition coefficient (Wildman–Crippen LogP) is 5.86. The minimum absolute atomic E-state index is 0.182. The van der Waals surface area contributed by atoms with Gasteiger partial charge in [0.2, 0.25) is 0 Å². The molecule has 5 nitrogen and oxygen atoms in total. The second kappa shape index (κ2) is 9.04. The summed E-state index contributed by atoms with van der Waals surface area (Å²) in [6, 6.07) is 10.5. The molecule has 1 aliphatic heterocycles. The van der Waals surface area contributed by atoms with Gasteiger partial charge >= 0.3 is 0 Å². The Morgan fingerprint density at radius 2 is 1.84 bits per heavy atom. The van der Waals surface area contributed by atoms with Crippen molar-refractivity contribution in [2.45, 2.75) is 13.3 Å². The van der Waals surface area contributed by atoms with Crippen LogP contribution in [0.1, 0.15) is 29.3 Å². The van der Waals surface area contributed by atoms with Gasteiger partial charge in [0.15, 0.2) is 11.6 Å². The van der Waals surface area contributed by atoms with Gasteiger partial charge in [-0.15, -0.1) is 0 Å². The summed E-state index contributed by atoms with van der Waals surface area (Å²) in [6.07, 6.45) is 5.17. The number of nitrogens with one attached hydrogen (secondary N) is 1. The molecule has 4 rings (SSSR count). The number of anilines is 2. The Kier molecular flexibility index (Phi) is 6.20. The maximum absolute atomic E-state index is 14.2. The Morgan fingerprint density at radius 1 is 1.13 bits per heavy atom. The van der Waals surface area contributed by atoms with Crippen molar-refractivity contribution in [1.82, 2.24) is 9.97 Å². The third-order valence-electron chi connectivity index (χ3n) is 5.23. The highest BCUT2D eigenvalue weighted by Gasteiger charge is 2.21. The first kappa shape index (κ1) is 21.3. The van der Waals surface area contributed by atoms with Gasteiger partial charge in [-0.3, -0.25) is 9.78 Å². The predicted molar refractivity (Wildman–Crippen MR) is 122 cm³/mol. The number of amides is 1. The summed E-state index contributed by atoms with van der Waals surface area (Å²) in [4.78, 5) is 22.6. The lowest BCUT2D eigenvalue weighted by atomic mass is 9.94. The molecule has 0 saturated heterocycles. The molecular weight excluding hydrogens is 438 g/mol. The molecule has 1 N–H and O–H groups in total. The molecule has 0 aliphatic carbocycles. The highest BCUT2D eigenvalue weighted by atomic mass is 35.5. The molecule has 0 saturated carbocycles. The van der Waals surface area contributed by atoms with E-state index in [0.29, 0.717) is 24.6 Å².